The predicted octanol–water partition coefficient (Wildman–Crippen LogP) is 0.718. The van der Waals surface area contributed by atoms with E-state index in [1.54, 1.807) is 0 Å². The van der Waals surface area contributed by atoms with Gasteiger partial charge in [-0.25, -0.2) is 9.59 Å². The summed E-state index contributed by atoms with van der Waals surface area (Å²) in [5.41, 5.74) is -1.64. The van der Waals surface area contributed by atoms with Gasteiger partial charge in [-0.3, -0.25) is 0 Å². The molecule has 98 valence electrons. The van der Waals surface area contributed by atoms with E-state index in [2.05, 4.69) is 10.6 Å². The average Bonchev–Trinajstić information content (AvgIpc) is 2.66. The van der Waals surface area contributed by atoms with E-state index in [0.717, 1.165) is 6.42 Å². The number of hydrogen-bond acceptors (Lipinski definition) is 3. The highest BCUT2D eigenvalue weighted by Crippen LogP contribution is 2.19. The van der Waals surface area contributed by atoms with Gasteiger partial charge in [-0.05, 0) is 20.3 Å². The number of ether oxygens (including phenoxy) is 1. The van der Waals surface area contributed by atoms with Crippen molar-refractivity contribution < 1.29 is 19.4 Å². The van der Waals surface area contributed by atoms with E-state index < -0.39 is 17.5 Å². The first-order valence-corrected chi connectivity index (χ1v) is 5.73. The average molecular weight is 244 g/mol. The third-order valence-electron chi connectivity index (χ3n) is 3.12. The number of carbonyl (C=O) groups is 2. The maximum Gasteiger partial charge on any atom is 0.332 e. The molecule has 6 heteroatoms. The summed E-state index contributed by atoms with van der Waals surface area (Å²) in [6.07, 6.45) is 1.05. The zero-order chi connectivity index (χ0) is 13.1. The Kier molecular flexibility index (Phi) is 3.98. The molecular formula is C11H20N2O4. The van der Waals surface area contributed by atoms with E-state index in [0.29, 0.717) is 13.0 Å². The summed E-state index contributed by atoms with van der Waals surface area (Å²) >= 11 is 0. The van der Waals surface area contributed by atoms with Gasteiger partial charge in [0.05, 0.1) is 6.61 Å². The minimum atomic E-state index is -1.28. The second kappa shape index (κ2) is 4.91. The summed E-state index contributed by atoms with van der Waals surface area (Å²) in [4.78, 5) is 22.9. The zero-order valence-corrected chi connectivity index (χ0v) is 10.5. The van der Waals surface area contributed by atoms with Crippen LogP contribution in [0.3, 0.4) is 0 Å². The SMILES string of the molecule is CCC(C)(C)NC(=O)NC1(C(=O)O)CCOC1. The van der Waals surface area contributed by atoms with Crippen LogP contribution >= 0.6 is 0 Å². The quantitative estimate of drug-likeness (QED) is 0.680. The van der Waals surface area contributed by atoms with Gasteiger partial charge < -0.3 is 20.5 Å². The number of rotatable bonds is 4. The molecule has 17 heavy (non-hydrogen) atoms. The number of hydrogen-bond donors (Lipinski definition) is 3. The van der Waals surface area contributed by atoms with E-state index in [1.165, 1.54) is 0 Å². The van der Waals surface area contributed by atoms with Gasteiger partial charge in [0.15, 0.2) is 5.54 Å². The lowest BCUT2D eigenvalue weighted by molar-refractivity contribution is -0.144. The first kappa shape index (κ1) is 13.8. The van der Waals surface area contributed by atoms with Crippen molar-refractivity contribution in [1.82, 2.24) is 10.6 Å². The highest BCUT2D eigenvalue weighted by Gasteiger charge is 2.44. The van der Waals surface area contributed by atoms with Crippen LogP contribution in [-0.2, 0) is 9.53 Å². The topological polar surface area (TPSA) is 87.7 Å². The highest BCUT2D eigenvalue weighted by molar-refractivity contribution is 5.87. The van der Waals surface area contributed by atoms with Gasteiger partial charge in [0.2, 0.25) is 0 Å². The largest absolute Gasteiger partial charge is 0.479 e. The van der Waals surface area contributed by atoms with E-state index >= 15 is 0 Å². The number of nitrogens with one attached hydrogen (secondary N) is 2. The molecule has 1 rings (SSSR count). The fourth-order valence-electron chi connectivity index (χ4n) is 1.53. The minimum Gasteiger partial charge on any atom is -0.479 e. The number of amides is 2. The Morgan fingerprint density at radius 1 is 1.47 bits per heavy atom. The Hall–Kier alpha value is -1.30. The minimum absolute atomic E-state index is 0.0162. The molecule has 0 bridgehead atoms. The Morgan fingerprint density at radius 2 is 2.12 bits per heavy atom. The van der Waals surface area contributed by atoms with E-state index in [4.69, 9.17) is 9.84 Å². The first-order chi connectivity index (χ1) is 7.81. The normalized spacial score (nSPS) is 24.4. The van der Waals surface area contributed by atoms with Gasteiger partial charge in [0.25, 0.3) is 0 Å². The second-order valence-electron chi connectivity index (χ2n) is 5.01. The molecule has 2 amide bonds. The molecule has 0 aliphatic carbocycles. The van der Waals surface area contributed by atoms with E-state index in [9.17, 15) is 9.59 Å². The second-order valence-corrected chi connectivity index (χ2v) is 5.01. The summed E-state index contributed by atoms with van der Waals surface area (Å²) in [6.45, 7) is 6.08. The van der Waals surface area contributed by atoms with Crippen molar-refractivity contribution in [2.45, 2.75) is 44.7 Å². The standard InChI is InChI=1S/C11H20N2O4/c1-4-10(2,3)12-9(16)13-11(8(14)15)5-6-17-7-11/h4-7H2,1-3H3,(H,14,15)(H2,12,13,16). The lowest BCUT2D eigenvalue weighted by Gasteiger charge is -2.29. The fraction of sp³-hybridized carbons (Fsp3) is 0.818. The van der Waals surface area contributed by atoms with Crippen LogP contribution in [-0.4, -0.2) is 41.4 Å². The van der Waals surface area contributed by atoms with E-state index in [1.807, 2.05) is 20.8 Å². The van der Waals surface area contributed by atoms with Gasteiger partial charge >= 0.3 is 12.0 Å². The molecule has 0 aromatic rings. The molecule has 1 heterocycles. The smallest absolute Gasteiger partial charge is 0.332 e. The number of carbonyl (C=O) groups excluding carboxylic acids is 1. The zero-order valence-electron chi connectivity index (χ0n) is 10.5. The molecule has 1 aliphatic heterocycles. The first-order valence-electron chi connectivity index (χ1n) is 5.73. The number of urea groups is 1. The van der Waals surface area contributed by atoms with Crippen LogP contribution in [0, 0.1) is 0 Å². The van der Waals surface area contributed by atoms with Crippen LogP contribution in [0.15, 0.2) is 0 Å². The molecule has 1 aliphatic rings. The monoisotopic (exact) mass is 244 g/mol. The summed E-state index contributed by atoms with van der Waals surface area (Å²) in [6, 6.07) is -0.468. The predicted molar refractivity (Wildman–Crippen MR) is 61.8 cm³/mol. The molecule has 1 atom stereocenters. The maximum atomic E-state index is 11.7. The lowest BCUT2D eigenvalue weighted by Crippen LogP contribution is -2.60. The number of aliphatic carboxylic acids is 1. The van der Waals surface area contributed by atoms with Crippen molar-refractivity contribution in [3.05, 3.63) is 0 Å². The molecule has 0 radical (unpaired) electrons. The van der Waals surface area contributed by atoms with Crippen LogP contribution in [0.1, 0.15) is 33.6 Å². The van der Waals surface area contributed by atoms with Crippen LogP contribution in [0.5, 0.6) is 0 Å². The number of carboxylic acids is 1. The van der Waals surface area contributed by atoms with Crippen molar-refractivity contribution >= 4 is 12.0 Å². The molecule has 1 fully saturated rings. The molecule has 0 aromatic carbocycles. The van der Waals surface area contributed by atoms with Gasteiger partial charge in [-0.2, -0.15) is 0 Å². The van der Waals surface area contributed by atoms with E-state index in [-0.39, 0.29) is 12.1 Å². The molecule has 0 saturated carbocycles. The van der Waals surface area contributed by atoms with Gasteiger partial charge in [-0.15, -0.1) is 0 Å². The van der Waals surface area contributed by atoms with Crippen LogP contribution in [0.2, 0.25) is 0 Å². The Balaban J connectivity index is 2.63. The van der Waals surface area contributed by atoms with Crippen molar-refractivity contribution in [2.24, 2.45) is 0 Å². The molecule has 1 unspecified atom stereocenters. The molecule has 6 nitrogen and oxygen atoms in total. The Labute approximate surface area is 101 Å². The van der Waals surface area contributed by atoms with Gasteiger partial charge in [0.1, 0.15) is 0 Å². The van der Waals surface area contributed by atoms with Crippen LogP contribution in [0.4, 0.5) is 4.79 Å². The Bertz CT molecular complexity index is 309. The van der Waals surface area contributed by atoms with Gasteiger partial charge in [-0.1, -0.05) is 6.92 Å². The third-order valence-corrected chi connectivity index (χ3v) is 3.12. The summed E-state index contributed by atoms with van der Waals surface area (Å²) < 4.78 is 5.06. The maximum absolute atomic E-state index is 11.7. The number of carboxylic acid groups (broad SMARTS) is 1. The van der Waals surface area contributed by atoms with Crippen molar-refractivity contribution in [1.29, 1.82) is 0 Å². The third kappa shape index (κ3) is 3.33. The van der Waals surface area contributed by atoms with Gasteiger partial charge in [0, 0.05) is 18.6 Å². The summed E-state index contributed by atoms with van der Waals surface area (Å²) in [5.74, 6) is -1.06. The molecule has 1 saturated heterocycles. The molecule has 0 aromatic heterocycles. The van der Waals surface area contributed by atoms with Crippen LogP contribution < -0.4 is 10.6 Å². The molecule has 3 N–H and O–H groups in total. The Morgan fingerprint density at radius 3 is 2.53 bits per heavy atom. The summed E-state index contributed by atoms with van der Waals surface area (Å²) in [5, 5.41) is 14.4. The summed E-state index contributed by atoms with van der Waals surface area (Å²) in [7, 11) is 0. The lowest BCUT2D eigenvalue weighted by atomic mass is 9.99. The van der Waals surface area contributed by atoms with Crippen molar-refractivity contribution in [3.8, 4) is 0 Å². The molecule has 0 spiro atoms. The molecular weight excluding hydrogens is 224 g/mol. The highest BCUT2D eigenvalue weighted by atomic mass is 16.5. The van der Waals surface area contributed by atoms with Crippen molar-refractivity contribution in [2.75, 3.05) is 13.2 Å². The van der Waals surface area contributed by atoms with Crippen molar-refractivity contribution in [3.63, 3.8) is 0 Å². The fourth-order valence-corrected chi connectivity index (χ4v) is 1.53. The van der Waals surface area contributed by atoms with Crippen LogP contribution in [0.25, 0.3) is 0 Å².